The molecule has 2 aromatic heterocycles. The lowest BCUT2D eigenvalue weighted by molar-refractivity contribution is -0.471. The van der Waals surface area contributed by atoms with Gasteiger partial charge in [-0.25, -0.2) is 0 Å². The van der Waals surface area contributed by atoms with Crippen LogP contribution in [0, 0.1) is 20.2 Å². The molecule has 0 atom stereocenters. The van der Waals surface area contributed by atoms with Crippen molar-refractivity contribution in [3.05, 3.63) is 25.5 Å². The van der Waals surface area contributed by atoms with Crippen molar-refractivity contribution >= 4 is 35.2 Å². The van der Waals surface area contributed by atoms with Crippen LogP contribution in [0.15, 0.2) is 0 Å². The molecule has 0 aliphatic heterocycles. The maximum absolute atomic E-state index is 10.5. The minimum atomic E-state index is -0.946. The van der Waals surface area contributed by atoms with Gasteiger partial charge in [0.2, 0.25) is 5.82 Å². The van der Waals surface area contributed by atoms with Gasteiger partial charge in [0.25, 0.3) is 0 Å². The summed E-state index contributed by atoms with van der Waals surface area (Å²) in [5, 5.41) is 46.6. The highest BCUT2D eigenvalue weighted by molar-refractivity contribution is 5.76. The number of hydrazone groups is 2. The van der Waals surface area contributed by atoms with E-state index in [4.69, 9.17) is 22.9 Å². The Labute approximate surface area is 153 Å². The number of H-pyrrole nitrogens is 1. The van der Waals surface area contributed by atoms with Crippen molar-refractivity contribution in [1.82, 2.24) is 30.8 Å². The van der Waals surface area contributed by atoms with Gasteiger partial charge < -0.3 is 31.0 Å². The second-order valence-electron chi connectivity index (χ2n) is 3.73. The number of nitrogens with zero attached hydrogens (tertiary/aromatic N) is 8. The molecule has 0 unspecified atom stereocenters. The first-order valence-electron chi connectivity index (χ1n) is 6.10. The number of nitro groups is 2. The van der Waals surface area contributed by atoms with Crippen molar-refractivity contribution in [1.29, 1.82) is 0 Å². The molecule has 0 aliphatic rings. The lowest BCUT2D eigenvalue weighted by Crippen LogP contribution is -2.84. The lowest BCUT2D eigenvalue weighted by atomic mass is 10.4. The van der Waals surface area contributed by atoms with Gasteiger partial charge in [-0.2, -0.15) is 15.1 Å². The summed E-state index contributed by atoms with van der Waals surface area (Å²) in [5.74, 6) is 7.34. The highest BCUT2D eigenvalue weighted by Gasteiger charge is 2.24. The predicted octanol–water partition coefficient (Wildman–Crippen LogP) is -8.69. The number of nitrogens with two attached hydrogens (primary N) is 6. The SMILES string of the molecule is N[NH+]=C(N)N.N[NH+]=C(N)N.O.O=[N+]([O-])c1n[n-]c([N+](=O)[O-])c1[N-]c1nn[nH]n1. The van der Waals surface area contributed by atoms with E-state index in [9.17, 15) is 20.2 Å². The number of hydrogen-bond donors (Lipinski definition) is 9. The lowest BCUT2D eigenvalue weighted by Gasteiger charge is -2.07. The quantitative estimate of drug-likeness (QED) is 0.0746. The van der Waals surface area contributed by atoms with Crippen molar-refractivity contribution in [3.8, 4) is 0 Å². The maximum atomic E-state index is 10.5. The molecule has 2 aromatic rings. The highest BCUT2D eigenvalue weighted by Crippen LogP contribution is 2.40. The molecule has 0 aromatic carbocycles. The van der Waals surface area contributed by atoms with Crippen LogP contribution in [0.25, 0.3) is 5.32 Å². The molecule has 0 aliphatic carbocycles. The van der Waals surface area contributed by atoms with Crippen LogP contribution in [-0.4, -0.2) is 53.0 Å². The Balaban J connectivity index is 0. The van der Waals surface area contributed by atoms with Crippen LogP contribution in [-0.2, 0) is 0 Å². The van der Waals surface area contributed by atoms with Gasteiger partial charge in [-0.15, -0.1) is 5.21 Å². The van der Waals surface area contributed by atoms with Crippen molar-refractivity contribution in [3.63, 3.8) is 0 Å². The van der Waals surface area contributed by atoms with E-state index in [0.29, 0.717) is 0 Å². The van der Waals surface area contributed by atoms with Crippen molar-refractivity contribution in [2.45, 2.75) is 0 Å². The van der Waals surface area contributed by atoms with Crippen LogP contribution in [0.2, 0.25) is 0 Å². The molecule has 22 nitrogen and oxygen atoms in total. The van der Waals surface area contributed by atoms with Crippen LogP contribution in [0.3, 0.4) is 0 Å². The number of hydrogen-bond acceptors (Lipinski definition) is 10. The fourth-order valence-corrected chi connectivity index (χ4v) is 0.939. The van der Waals surface area contributed by atoms with Crippen LogP contribution < -0.4 is 49.9 Å². The summed E-state index contributed by atoms with van der Waals surface area (Å²) in [6.45, 7) is 0. The number of nitrogens with one attached hydrogen (secondary N) is 3. The van der Waals surface area contributed by atoms with E-state index in [0.717, 1.165) is 0 Å². The number of hydrazine groups is 2. The van der Waals surface area contributed by atoms with Crippen LogP contribution in [0.4, 0.5) is 23.3 Å². The Kier molecular flexibility index (Phi) is 11.1. The van der Waals surface area contributed by atoms with Crippen LogP contribution >= 0.6 is 0 Å². The molecular weight excluding hydrogens is 390 g/mol. The molecule has 0 spiro atoms. The second kappa shape index (κ2) is 12.4. The molecular formula is C6H17N17O5. The van der Waals surface area contributed by atoms with Gasteiger partial charge in [-0.1, -0.05) is 0 Å². The zero-order chi connectivity index (χ0) is 21.0. The topological polar surface area (TPSA) is 397 Å². The maximum Gasteiger partial charge on any atom is 0.404 e. The summed E-state index contributed by atoms with van der Waals surface area (Å²) in [6, 6.07) is 0. The van der Waals surface area contributed by atoms with Crippen molar-refractivity contribution < 1.29 is 25.5 Å². The molecule has 2 heterocycles. The molecule has 0 bridgehead atoms. The molecule has 0 saturated carbocycles. The summed E-state index contributed by atoms with van der Waals surface area (Å²) in [4.78, 5) is 19.2. The Morgan fingerprint density at radius 2 is 1.57 bits per heavy atom. The zero-order valence-corrected chi connectivity index (χ0v) is 13.7. The van der Waals surface area contributed by atoms with E-state index < -0.39 is 27.2 Å². The molecule has 0 fully saturated rings. The zero-order valence-electron chi connectivity index (χ0n) is 13.7. The monoisotopic (exact) mass is 407 g/mol. The Morgan fingerprint density at radius 1 is 1.07 bits per heavy atom. The Bertz CT molecular complexity index is 738. The number of guanidine groups is 2. The van der Waals surface area contributed by atoms with Crippen molar-refractivity contribution in [2.75, 3.05) is 0 Å². The van der Waals surface area contributed by atoms with E-state index >= 15 is 0 Å². The van der Waals surface area contributed by atoms with Crippen molar-refractivity contribution in [2.24, 2.45) is 34.6 Å². The van der Waals surface area contributed by atoms with Gasteiger partial charge >= 0.3 is 17.7 Å². The van der Waals surface area contributed by atoms with Crippen LogP contribution in [0.5, 0.6) is 0 Å². The van der Waals surface area contributed by atoms with Gasteiger partial charge in [0.05, 0.1) is 11.0 Å². The van der Waals surface area contributed by atoms with Gasteiger partial charge in [0, 0.05) is 0 Å². The van der Waals surface area contributed by atoms with Crippen LogP contribution in [0.1, 0.15) is 0 Å². The average Bonchev–Trinajstić information content (AvgIpc) is 3.26. The fourth-order valence-electron chi connectivity index (χ4n) is 0.939. The number of rotatable bonds is 4. The van der Waals surface area contributed by atoms with Gasteiger partial charge in [0.1, 0.15) is 5.69 Å². The van der Waals surface area contributed by atoms with Gasteiger partial charge in [0.15, 0.2) is 0 Å². The molecule has 0 amide bonds. The molecule has 17 N–H and O–H groups in total. The first-order valence-corrected chi connectivity index (χ1v) is 6.10. The smallest absolute Gasteiger partial charge is 0.404 e. The molecule has 2 rings (SSSR count). The van der Waals surface area contributed by atoms with E-state index in [1.807, 2.05) is 10.2 Å². The number of aromatic amines is 1. The third-order valence-electron chi connectivity index (χ3n) is 1.89. The summed E-state index contributed by atoms with van der Waals surface area (Å²) in [7, 11) is 0. The fraction of sp³-hybridized carbons (Fsp3) is 0. The normalized spacial score (nSPS) is 8.43. The predicted molar refractivity (Wildman–Crippen MR) is 88.4 cm³/mol. The minimum absolute atomic E-state index is 0. The third kappa shape index (κ3) is 8.73. The molecule has 0 saturated heterocycles. The van der Waals surface area contributed by atoms with E-state index in [2.05, 4.69) is 47.8 Å². The Hall–Kier alpha value is -5.02. The number of tetrazole rings is 1. The van der Waals surface area contributed by atoms with E-state index in [-0.39, 0.29) is 23.3 Å². The largest absolute Gasteiger partial charge is 0.459 e. The summed E-state index contributed by atoms with van der Waals surface area (Å²) in [5.41, 5.74) is 18.4. The first-order chi connectivity index (χ1) is 12.6. The summed E-state index contributed by atoms with van der Waals surface area (Å²) >= 11 is 0. The van der Waals surface area contributed by atoms with Gasteiger partial charge in [-0.05, 0) is 10.0 Å². The minimum Gasteiger partial charge on any atom is -0.459 e. The summed E-state index contributed by atoms with van der Waals surface area (Å²) < 4.78 is 0. The molecule has 28 heavy (non-hydrogen) atoms. The standard InChI is InChI=1S/C4HN9O4.2CH6N4.H2O/c14-12(15)2-1(3(7-6-2)13(16)17)5-4-8-10-11-9-4;2*2-1(3)5-4;/h(H-2,5,6,7,8,9,10,11);2*4H2,(H4,2,3,5);1H2/q-2;;;/p+2. The third-order valence-corrected chi connectivity index (χ3v) is 1.89. The average molecular weight is 407 g/mol. The van der Waals surface area contributed by atoms with Gasteiger partial charge in [-0.3, -0.25) is 50.0 Å². The highest BCUT2D eigenvalue weighted by atomic mass is 16.6. The molecule has 0 radical (unpaired) electrons. The molecule has 156 valence electrons. The summed E-state index contributed by atoms with van der Waals surface area (Å²) in [6.07, 6.45) is 0. The number of aromatic nitrogens is 6. The molecule has 22 heteroatoms. The van der Waals surface area contributed by atoms with E-state index in [1.54, 1.807) is 0 Å². The second-order valence-corrected chi connectivity index (χ2v) is 3.73. The Morgan fingerprint density at radius 3 is 1.89 bits per heavy atom. The van der Waals surface area contributed by atoms with E-state index in [1.165, 1.54) is 0 Å². The first kappa shape index (κ1) is 25.2.